The summed E-state index contributed by atoms with van der Waals surface area (Å²) in [7, 11) is 0. The van der Waals surface area contributed by atoms with Crippen LogP contribution in [0.25, 0.3) is 0 Å². The van der Waals surface area contributed by atoms with Gasteiger partial charge in [-0.1, -0.05) is 23.7 Å². The highest BCUT2D eigenvalue weighted by Gasteiger charge is 2.05. The van der Waals surface area contributed by atoms with Gasteiger partial charge in [-0.2, -0.15) is 5.26 Å². The second-order valence-corrected chi connectivity index (χ2v) is 4.95. The fourth-order valence-corrected chi connectivity index (χ4v) is 2.08. The largest absolute Gasteiger partial charge is 0.456 e. The minimum atomic E-state index is 0.240. The molecule has 0 amide bonds. The van der Waals surface area contributed by atoms with Crippen molar-refractivity contribution >= 4 is 23.1 Å². The number of nitriles is 1. The van der Waals surface area contributed by atoms with Crippen LogP contribution in [-0.2, 0) is 0 Å². The fraction of sp³-hybridized carbons (Fsp3) is 0. The number of aromatic nitrogens is 2. The Morgan fingerprint density at radius 1 is 1.00 bits per heavy atom. The molecule has 0 saturated heterocycles. The molecule has 0 aliphatic carbocycles. The van der Waals surface area contributed by atoms with Gasteiger partial charge in [0.25, 0.3) is 0 Å². The first-order valence-corrected chi connectivity index (χ1v) is 7.14. The van der Waals surface area contributed by atoms with Crippen LogP contribution in [0.2, 0.25) is 5.02 Å². The van der Waals surface area contributed by atoms with Crippen molar-refractivity contribution in [2.45, 2.75) is 0 Å². The van der Waals surface area contributed by atoms with E-state index in [2.05, 4.69) is 15.3 Å². The van der Waals surface area contributed by atoms with Gasteiger partial charge in [-0.25, -0.2) is 9.97 Å². The van der Waals surface area contributed by atoms with Crippen LogP contribution < -0.4 is 10.1 Å². The normalized spacial score (nSPS) is 9.91. The summed E-state index contributed by atoms with van der Waals surface area (Å²) in [4.78, 5) is 8.05. The SMILES string of the molecule is N#Cc1nccnc1Nc1ccc(Oc2ccccc2Cl)cc1. The minimum absolute atomic E-state index is 0.240. The number of hydrogen-bond acceptors (Lipinski definition) is 5. The lowest BCUT2D eigenvalue weighted by molar-refractivity contribution is 0.483. The van der Waals surface area contributed by atoms with E-state index in [-0.39, 0.29) is 5.69 Å². The molecule has 23 heavy (non-hydrogen) atoms. The van der Waals surface area contributed by atoms with Crippen molar-refractivity contribution < 1.29 is 4.74 Å². The molecule has 3 rings (SSSR count). The van der Waals surface area contributed by atoms with Gasteiger partial charge in [0.05, 0.1) is 5.02 Å². The fourth-order valence-electron chi connectivity index (χ4n) is 1.91. The van der Waals surface area contributed by atoms with Crippen LogP contribution in [-0.4, -0.2) is 9.97 Å². The monoisotopic (exact) mass is 322 g/mol. The van der Waals surface area contributed by atoms with Gasteiger partial charge in [0.15, 0.2) is 11.5 Å². The van der Waals surface area contributed by atoms with Gasteiger partial charge < -0.3 is 10.1 Å². The number of nitrogens with one attached hydrogen (secondary N) is 1. The lowest BCUT2D eigenvalue weighted by atomic mass is 10.3. The summed E-state index contributed by atoms with van der Waals surface area (Å²) in [5.41, 5.74) is 1.01. The van der Waals surface area contributed by atoms with E-state index in [1.54, 1.807) is 24.3 Å². The van der Waals surface area contributed by atoms with E-state index in [0.29, 0.717) is 22.3 Å². The first-order chi connectivity index (χ1) is 11.3. The molecule has 1 heterocycles. The lowest BCUT2D eigenvalue weighted by Gasteiger charge is -2.09. The molecule has 0 fully saturated rings. The predicted octanol–water partition coefficient (Wildman–Crippen LogP) is 4.54. The number of nitrogens with zero attached hydrogens (tertiary/aromatic N) is 3. The highest BCUT2D eigenvalue weighted by atomic mass is 35.5. The Hall–Kier alpha value is -3.10. The number of ether oxygens (including phenoxy) is 1. The second-order valence-electron chi connectivity index (χ2n) is 4.55. The second kappa shape index (κ2) is 6.77. The van der Waals surface area contributed by atoms with Crippen LogP contribution in [0.3, 0.4) is 0 Å². The van der Waals surface area contributed by atoms with Gasteiger partial charge in [-0.15, -0.1) is 0 Å². The summed E-state index contributed by atoms with van der Waals surface area (Å²) in [6, 6.07) is 16.5. The zero-order valence-electron chi connectivity index (χ0n) is 11.9. The molecule has 1 N–H and O–H groups in total. The molecule has 3 aromatic rings. The van der Waals surface area contributed by atoms with Crippen molar-refractivity contribution in [3.63, 3.8) is 0 Å². The molecular weight excluding hydrogens is 312 g/mol. The van der Waals surface area contributed by atoms with E-state index < -0.39 is 0 Å². The Balaban J connectivity index is 1.75. The van der Waals surface area contributed by atoms with E-state index in [9.17, 15) is 0 Å². The van der Waals surface area contributed by atoms with E-state index in [1.807, 2.05) is 30.3 Å². The first-order valence-electron chi connectivity index (χ1n) is 6.77. The summed E-state index contributed by atoms with van der Waals surface area (Å²) in [6.45, 7) is 0. The van der Waals surface area contributed by atoms with Crippen molar-refractivity contribution in [2.75, 3.05) is 5.32 Å². The third kappa shape index (κ3) is 3.57. The van der Waals surface area contributed by atoms with Crippen molar-refractivity contribution in [1.82, 2.24) is 9.97 Å². The third-order valence-corrected chi connectivity index (χ3v) is 3.30. The average Bonchev–Trinajstić information content (AvgIpc) is 2.59. The zero-order chi connectivity index (χ0) is 16.1. The quantitative estimate of drug-likeness (QED) is 0.763. The summed E-state index contributed by atoms with van der Waals surface area (Å²) in [5.74, 6) is 1.66. The Bertz CT molecular complexity index is 859. The molecule has 0 aliphatic rings. The Morgan fingerprint density at radius 2 is 1.74 bits per heavy atom. The minimum Gasteiger partial charge on any atom is -0.456 e. The summed E-state index contributed by atoms with van der Waals surface area (Å²) < 4.78 is 5.72. The van der Waals surface area contributed by atoms with Crippen LogP contribution in [0.5, 0.6) is 11.5 Å². The van der Waals surface area contributed by atoms with E-state index >= 15 is 0 Å². The van der Waals surface area contributed by atoms with Gasteiger partial charge in [-0.05, 0) is 36.4 Å². The van der Waals surface area contributed by atoms with Crippen LogP contribution in [0.4, 0.5) is 11.5 Å². The zero-order valence-corrected chi connectivity index (χ0v) is 12.7. The molecule has 112 valence electrons. The maximum Gasteiger partial charge on any atom is 0.183 e. The molecule has 0 saturated carbocycles. The molecule has 5 nitrogen and oxygen atoms in total. The number of para-hydroxylation sites is 1. The van der Waals surface area contributed by atoms with Gasteiger partial charge in [0.1, 0.15) is 17.6 Å². The van der Waals surface area contributed by atoms with E-state index in [1.165, 1.54) is 12.4 Å². The van der Waals surface area contributed by atoms with E-state index in [0.717, 1.165) is 5.69 Å². The van der Waals surface area contributed by atoms with Crippen LogP contribution in [0.15, 0.2) is 60.9 Å². The van der Waals surface area contributed by atoms with Crippen molar-refractivity contribution in [1.29, 1.82) is 5.26 Å². The summed E-state index contributed by atoms with van der Waals surface area (Å²) in [6.07, 6.45) is 3.00. The standard InChI is InChI=1S/C17H11ClN4O/c18-14-3-1-2-4-16(14)23-13-7-5-12(6-8-13)22-17-15(11-19)20-9-10-21-17/h1-10H,(H,21,22). The number of halogens is 1. The molecular formula is C17H11ClN4O. The molecule has 1 aromatic heterocycles. The number of hydrogen-bond donors (Lipinski definition) is 1. The molecule has 0 atom stereocenters. The summed E-state index contributed by atoms with van der Waals surface area (Å²) >= 11 is 6.06. The van der Waals surface area contributed by atoms with E-state index in [4.69, 9.17) is 21.6 Å². The first kappa shape index (κ1) is 14.8. The van der Waals surface area contributed by atoms with Crippen LogP contribution >= 0.6 is 11.6 Å². The maximum atomic E-state index is 9.01. The van der Waals surface area contributed by atoms with Gasteiger partial charge >= 0.3 is 0 Å². The van der Waals surface area contributed by atoms with Gasteiger partial charge in [0.2, 0.25) is 0 Å². The maximum absolute atomic E-state index is 9.01. The average molecular weight is 323 g/mol. The number of anilines is 2. The van der Waals surface area contributed by atoms with Crippen LogP contribution in [0.1, 0.15) is 5.69 Å². The predicted molar refractivity (Wildman–Crippen MR) is 88.0 cm³/mol. The Labute approximate surface area is 138 Å². The van der Waals surface area contributed by atoms with Gasteiger partial charge in [-0.3, -0.25) is 0 Å². The third-order valence-electron chi connectivity index (χ3n) is 2.99. The van der Waals surface area contributed by atoms with Crippen molar-refractivity contribution in [2.24, 2.45) is 0 Å². The molecule has 0 unspecified atom stereocenters. The topological polar surface area (TPSA) is 70.8 Å². The summed E-state index contributed by atoms with van der Waals surface area (Å²) in [5, 5.41) is 12.6. The van der Waals surface area contributed by atoms with Crippen LogP contribution in [0, 0.1) is 11.3 Å². The molecule has 6 heteroatoms. The molecule has 0 bridgehead atoms. The van der Waals surface area contributed by atoms with Crippen molar-refractivity contribution in [3.05, 3.63) is 71.6 Å². The molecule has 0 aliphatic heterocycles. The smallest absolute Gasteiger partial charge is 0.183 e. The Morgan fingerprint density at radius 3 is 2.48 bits per heavy atom. The lowest BCUT2D eigenvalue weighted by Crippen LogP contribution is -1.98. The highest BCUT2D eigenvalue weighted by molar-refractivity contribution is 6.32. The van der Waals surface area contributed by atoms with Gasteiger partial charge in [0, 0.05) is 18.1 Å². The van der Waals surface area contributed by atoms with Crippen molar-refractivity contribution in [3.8, 4) is 17.6 Å². The molecule has 0 spiro atoms. The molecule has 0 radical (unpaired) electrons. The Kier molecular flexibility index (Phi) is 4.37. The molecule has 2 aromatic carbocycles. The highest BCUT2D eigenvalue weighted by Crippen LogP contribution is 2.29. The number of benzene rings is 2. The number of rotatable bonds is 4.